The number of amidine groups is 1. The van der Waals surface area contributed by atoms with Crippen molar-refractivity contribution < 1.29 is 9.21 Å². The number of halogens is 2. The Morgan fingerprint density at radius 2 is 1.78 bits per heavy atom. The Hall–Kier alpha value is -2.47. The number of hydrogen-bond acceptors (Lipinski definition) is 4. The number of carbonyl (C=O) groups is 1. The predicted octanol–water partition coefficient (Wildman–Crippen LogP) is 6.15. The molecule has 4 nitrogen and oxygen atoms in total. The van der Waals surface area contributed by atoms with E-state index in [1.54, 1.807) is 42.5 Å². The first-order valence-corrected chi connectivity index (χ1v) is 9.55. The fourth-order valence-electron chi connectivity index (χ4n) is 2.48. The van der Waals surface area contributed by atoms with Gasteiger partial charge in [0.05, 0.1) is 15.6 Å². The molecule has 1 saturated heterocycles. The van der Waals surface area contributed by atoms with Crippen molar-refractivity contribution in [2.75, 3.05) is 0 Å². The molecule has 0 atom stereocenters. The molecule has 0 radical (unpaired) electrons. The molecule has 0 saturated carbocycles. The number of benzene rings is 2. The van der Waals surface area contributed by atoms with Gasteiger partial charge in [0.1, 0.15) is 11.5 Å². The smallest absolute Gasteiger partial charge is 0.264 e. The summed E-state index contributed by atoms with van der Waals surface area (Å²) in [4.78, 5) is 17.1. The average molecular weight is 415 g/mol. The number of nitrogens with zero attached hydrogens (tertiary/aromatic N) is 1. The van der Waals surface area contributed by atoms with Crippen molar-refractivity contribution >= 4 is 57.8 Å². The number of carbonyl (C=O) groups excluding carboxylic acids is 1. The fraction of sp³-hybridized carbons (Fsp3) is 0. The Kier molecular flexibility index (Phi) is 5.07. The summed E-state index contributed by atoms with van der Waals surface area (Å²) in [5.41, 5.74) is 1.51. The summed E-state index contributed by atoms with van der Waals surface area (Å²) >= 11 is 13.3. The van der Waals surface area contributed by atoms with Crippen molar-refractivity contribution in [3.63, 3.8) is 0 Å². The lowest BCUT2D eigenvalue weighted by molar-refractivity contribution is -0.115. The Bertz CT molecular complexity index is 1070. The molecule has 0 spiro atoms. The van der Waals surface area contributed by atoms with Crippen LogP contribution in [0.25, 0.3) is 17.4 Å². The zero-order valence-corrected chi connectivity index (χ0v) is 16.1. The van der Waals surface area contributed by atoms with Gasteiger partial charge in [0.25, 0.3) is 5.91 Å². The molecule has 2 aromatic carbocycles. The number of thioether (sulfide) groups is 1. The minimum absolute atomic E-state index is 0.219. The number of amides is 1. The second kappa shape index (κ2) is 7.64. The van der Waals surface area contributed by atoms with Crippen LogP contribution in [0.3, 0.4) is 0 Å². The lowest BCUT2D eigenvalue weighted by Crippen LogP contribution is -2.19. The maximum absolute atomic E-state index is 12.2. The third kappa shape index (κ3) is 4.11. The van der Waals surface area contributed by atoms with Crippen LogP contribution in [0.1, 0.15) is 5.76 Å². The monoisotopic (exact) mass is 414 g/mol. The Labute approximate surface area is 169 Å². The van der Waals surface area contributed by atoms with Gasteiger partial charge >= 0.3 is 0 Å². The first-order chi connectivity index (χ1) is 13.1. The van der Waals surface area contributed by atoms with Crippen LogP contribution in [0.15, 0.2) is 75.0 Å². The van der Waals surface area contributed by atoms with Crippen LogP contribution in [-0.2, 0) is 4.79 Å². The molecule has 4 rings (SSSR count). The normalized spacial score (nSPS) is 16.9. The van der Waals surface area contributed by atoms with Crippen LogP contribution in [0, 0.1) is 0 Å². The van der Waals surface area contributed by atoms with Gasteiger partial charge in [-0.25, -0.2) is 4.99 Å². The van der Waals surface area contributed by atoms with Crippen molar-refractivity contribution in [2.45, 2.75) is 0 Å². The van der Waals surface area contributed by atoms with E-state index >= 15 is 0 Å². The van der Waals surface area contributed by atoms with Crippen LogP contribution in [-0.4, -0.2) is 11.1 Å². The predicted molar refractivity (Wildman–Crippen MR) is 111 cm³/mol. The molecule has 27 heavy (non-hydrogen) atoms. The number of nitrogens with one attached hydrogen (secondary N) is 1. The van der Waals surface area contributed by atoms with E-state index in [0.29, 0.717) is 37.3 Å². The van der Waals surface area contributed by atoms with Crippen LogP contribution in [0.5, 0.6) is 0 Å². The lowest BCUT2D eigenvalue weighted by atomic mass is 10.2. The maximum Gasteiger partial charge on any atom is 0.264 e. The summed E-state index contributed by atoms with van der Waals surface area (Å²) < 4.78 is 5.82. The highest BCUT2D eigenvalue weighted by molar-refractivity contribution is 8.18. The molecule has 134 valence electrons. The van der Waals surface area contributed by atoms with Gasteiger partial charge in [-0.15, -0.1) is 0 Å². The molecular formula is C20H12Cl2N2O2S. The van der Waals surface area contributed by atoms with Gasteiger partial charge in [-0.1, -0.05) is 35.3 Å². The van der Waals surface area contributed by atoms with Gasteiger partial charge in [-0.2, -0.15) is 0 Å². The summed E-state index contributed by atoms with van der Waals surface area (Å²) in [6.07, 6.45) is 1.69. The molecule has 1 aliphatic rings. The second-order valence-electron chi connectivity index (χ2n) is 5.64. The average Bonchev–Trinajstić information content (AvgIpc) is 3.25. The number of hydrogen-bond donors (Lipinski definition) is 1. The third-order valence-electron chi connectivity index (χ3n) is 3.75. The quantitative estimate of drug-likeness (QED) is 0.523. The van der Waals surface area contributed by atoms with Crippen LogP contribution < -0.4 is 5.32 Å². The van der Waals surface area contributed by atoms with E-state index in [1.165, 1.54) is 11.8 Å². The van der Waals surface area contributed by atoms with Crippen molar-refractivity contribution in [3.8, 4) is 11.3 Å². The summed E-state index contributed by atoms with van der Waals surface area (Å²) in [5.74, 6) is 0.990. The van der Waals surface area contributed by atoms with Crippen molar-refractivity contribution in [2.24, 2.45) is 4.99 Å². The van der Waals surface area contributed by atoms with Gasteiger partial charge in [0.2, 0.25) is 0 Å². The summed E-state index contributed by atoms with van der Waals surface area (Å²) in [6.45, 7) is 0. The van der Waals surface area contributed by atoms with Crippen LogP contribution in [0.2, 0.25) is 10.0 Å². The molecule has 1 aromatic heterocycles. The first kappa shape index (κ1) is 17.9. The van der Waals surface area contributed by atoms with Crippen molar-refractivity contribution in [1.29, 1.82) is 0 Å². The summed E-state index contributed by atoms with van der Waals surface area (Å²) in [7, 11) is 0. The fourth-order valence-corrected chi connectivity index (χ4v) is 3.66. The summed E-state index contributed by atoms with van der Waals surface area (Å²) in [5, 5.41) is 4.49. The van der Waals surface area contributed by atoms with Gasteiger partial charge in [-0.3, -0.25) is 4.79 Å². The van der Waals surface area contributed by atoms with E-state index in [4.69, 9.17) is 27.6 Å². The van der Waals surface area contributed by atoms with E-state index in [1.807, 2.05) is 24.3 Å². The number of furan rings is 1. The highest BCUT2D eigenvalue weighted by Gasteiger charge is 2.24. The highest BCUT2D eigenvalue weighted by atomic mass is 35.5. The van der Waals surface area contributed by atoms with E-state index in [9.17, 15) is 4.79 Å². The van der Waals surface area contributed by atoms with E-state index in [0.717, 1.165) is 5.56 Å². The molecule has 0 bridgehead atoms. The van der Waals surface area contributed by atoms with Gasteiger partial charge in [-0.05, 0) is 60.3 Å². The molecule has 3 aromatic rings. The van der Waals surface area contributed by atoms with Crippen LogP contribution in [0.4, 0.5) is 5.69 Å². The van der Waals surface area contributed by atoms with Gasteiger partial charge < -0.3 is 9.73 Å². The van der Waals surface area contributed by atoms with Gasteiger partial charge in [0.15, 0.2) is 5.17 Å². The molecule has 2 heterocycles. The van der Waals surface area contributed by atoms with Crippen LogP contribution >= 0.6 is 35.0 Å². The molecule has 7 heteroatoms. The van der Waals surface area contributed by atoms with E-state index < -0.39 is 0 Å². The first-order valence-electron chi connectivity index (χ1n) is 7.98. The minimum Gasteiger partial charge on any atom is -0.457 e. The second-order valence-corrected chi connectivity index (χ2v) is 7.51. The Balaban J connectivity index is 1.55. The topological polar surface area (TPSA) is 54.6 Å². The van der Waals surface area contributed by atoms with E-state index in [-0.39, 0.29) is 5.91 Å². The molecule has 1 N–H and O–H groups in total. The zero-order chi connectivity index (χ0) is 18.8. The molecule has 1 fully saturated rings. The molecule has 0 unspecified atom stereocenters. The Morgan fingerprint density at radius 1 is 1.00 bits per heavy atom. The molecule has 0 aliphatic carbocycles. The zero-order valence-electron chi connectivity index (χ0n) is 13.8. The largest absolute Gasteiger partial charge is 0.457 e. The van der Waals surface area contributed by atoms with Crippen molar-refractivity contribution in [3.05, 3.63) is 81.4 Å². The maximum atomic E-state index is 12.2. The van der Waals surface area contributed by atoms with E-state index in [2.05, 4.69) is 10.3 Å². The Morgan fingerprint density at radius 3 is 2.56 bits per heavy atom. The number of rotatable bonds is 3. The molecule has 1 aliphatic heterocycles. The van der Waals surface area contributed by atoms with Gasteiger partial charge in [0, 0.05) is 16.7 Å². The number of aliphatic imine (C=N–C) groups is 1. The minimum atomic E-state index is -0.219. The SMILES string of the molecule is O=C1NC(=Nc2ccc(Cl)cc2)SC1=Cc1ccc(-c2ccccc2Cl)o1. The summed E-state index contributed by atoms with van der Waals surface area (Å²) in [6, 6.07) is 18.1. The van der Waals surface area contributed by atoms with Crippen molar-refractivity contribution in [1.82, 2.24) is 5.32 Å². The highest BCUT2D eigenvalue weighted by Crippen LogP contribution is 2.32. The molecular weight excluding hydrogens is 403 g/mol. The standard InChI is InChI=1S/C20H12Cl2N2O2S/c21-12-5-7-13(8-6-12)23-20-24-19(25)18(27-20)11-14-9-10-17(26-14)15-3-1-2-4-16(15)22/h1-11H,(H,23,24,25). The lowest BCUT2D eigenvalue weighted by Gasteiger charge is -1.99. The molecule has 1 amide bonds. The third-order valence-corrected chi connectivity index (χ3v) is 5.24.